The molecule has 0 aliphatic carbocycles. The van der Waals surface area contributed by atoms with E-state index in [1.807, 2.05) is 61.5 Å². The van der Waals surface area contributed by atoms with Crippen molar-refractivity contribution in [2.75, 3.05) is 6.61 Å². The van der Waals surface area contributed by atoms with Gasteiger partial charge in [-0.1, -0.05) is 35.5 Å². The van der Waals surface area contributed by atoms with Crippen LogP contribution in [-0.2, 0) is 9.63 Å². The van der Waals surface area contributed by atoms with Gasteiger partial charge >= 0.3 is 5.97 Å². The summed E-state index contributed by atoms with van der Waals surface area (Å²) in [7, 11) is 0. The van der Waals surface area contributed by atoms with Crippen molar-refractivity contribution in [2.45, 2.75) is 6.92 Å². The second-order valence-corrected chi connectivity index (χ2v) is 4.39. The van der Waals surface area contributed by atoms with Crippen LogP contribution in [0.15, 0.2) is 65.8 Å². The van der Waals surface area contributed by atoms with Crippen molar-refractivity contribution in [3.63, 3.8) is 0 Å². The molecule has 0 atom stereocenters. The highest BCUT2D eigenvalue weighted by molar-refractivity contribution is 5.88. The van der Waals surface area contributed by atoms with Crippen LogP contribution in [0.4, 0.5) is 0 Å². The molecule has 0 bridgehead atoms. The molecule has 0 spiro atoms. The van der Waals surface area contributed by atoms with Gasteiger partial charge in [0.2, 0.25) is 0 Å². The smallest absolute Gasteiger partial charge is 0.358 e. The SMILES string of the molecule is CCOc1ccc(/C=N/OC(=O)/C=C\c2ccccc2)cc1. The molecule has 0 aromatic heterocycles. The lowest BCUT2D eigenvalue weighted by atomic mass is 10.2. The Balaban J connectivity index is 1.84. The van der Waals surface area contributed by atoms with Crippen LogP contribution < -0.4 is 4.74 Å². The number of benzene rings is 2. The van der Waals surface area contributed by atoms with Gasteiger partial charge in [-0.05, 0) is 48.4 Å². The first-order valence-electron chi connectivity index (χ1n) is 6.98. The van der Waals surface area contributed by atoms with Crippen molar-refractivity contribution in [1.29, 1.82) is 0 Å². The fourth-order valence-electron chi connectivity index (χ4n) is 1.71. The molecule has 0 aliphatic heterocycles. The van der Waals surface area contributed by atoms with Crippen LogP contribution in [0.1, 0.15) is 18.1 Å². The van der Waals surface area contributed by atoms with Gasteiger partial charge < -0.3 is 9.57 Å². The highest BCUT2D eigenvalue weighted by Gasteiger charge is 1.96. The molecular formula is C18H17NO3. The summed E-state index contributed by atoms with van der Waals surface area (Å²) in [6.07, 6.45) is 4.49. The molecule has 0 N–H and O–H groups in total. The average Bonchev–Trinajstić information content (AvgIpc) is 2.56. The fourth-order valence-corrected chi connectivity index (χ4v) is 1.71. The van der Waals surface area contributed by atoms with Crippen molar-refractivity contribution >= 4 is 18.3 Å². The van der Waals surface area contributed by atoms with E-state index in [2.05, 4.69) is 5.16 Å². The van der Waals surface area contributed by atoms with E-state index in [1.54, 1.807) is 6.08 Å². The van der Waals surface area contributed by atoms with Gasteiger partial charge in [0.05, 0.1) is 12.8 Å². The summed E-state index contributed by atoms with van der Waals surface area (Å²) in [5.74, 6) is 0.272. The Kier molecular flexibility index (Phi) is 5.93. The molecule has 0 amide bonds. The lowest BCUT2D eigenvalue weighted by Gasteiger charge is -2.01. The third-order valence-electron chi connectivity index (χ3n) is 2.75. The van der Waals surface area contributed by atoms with Crippen LogP contribution >= 0.6 is 0 Å². The molecule has 0 saturated carbocycles. The normalized spacial score (nSPS) is 11.0. The van der Waals surface area contributed by atoms with E-state index in [0.29, 0.717) is 6.61 Å². The quantitative estimate of drug-likeness (QED) is 0.353. The predicted molar refractivity (Wildman–Crippen MR) is 86.8 cm³/mol. The van der Waals surface area contributed by atoms with Gasteiger partial charge in [-0.3, -0.25) is 0 Å². The average molecular weight is 295 g/mol. The van der Waals surface area contributed by atoms with Crippen molar-refractivity contribution in [3.8, 4) is 5.75 Å². The molecule has 22 heavy (non-hydrogen) atoms. The van der Waals surface area contributed by atoms with Gasteiger partial charge in [-0.15, -0.1) is 0 Å². The van der Waals surface area contributed by atoms with Gasteiger partial charge in [0, 0.05) is 6.08 Å². The molecule has 2 rings (SSSR count). The Morgan fingerprint density at radius 3 is 2.45 bits per heavy atom. The van der Waals surface area contributed by atoms with Gasteiger partial charge in [0.25, 0.3) is 0 Å². The Labute approximate surface area is 129 Å². The summed E-state index contributed by atoms with van der Waals surface area (Å²) in [4.78, 5) is 16.3. The number of carbonyl (C=O) groups is 1. The molecule has 0 fully saturated rings. The van der Waals surface area contributed by atoms with Crippen molar-refractivity contribution in [1.82, 2.24) is 0 Å². The summed E-state index contributed by atoms with van der Waals surface area (Å²) >= 11 is 0. The number of ether oxygens (including phenoxy) is 1. The van der Waals surface area contributed by atoms with Crippen LogP contribution in [0.2, 0.25) is 0 Å². The molecule has 112 valence electrons. The number of oxime groups is 1. The maximum atomic E-state index is 11.5. The first kappa shape index (κ1) is 15.5. The number of rotatable bonds is 6. The maximum absolute atomic E-state index is 11.5. The second kappa shape index (κ2) is 8.42. The molecule has 4 heteroatoms. The maximum Gasteiger partial charge on any atom is 0.358 e. The van der Waals surface area contributed by atoms with Gasteiger partial charge in [-0.2, -0.15) is 0 Å². The number of hydrogen-bond donors (Lipinski definition) is 0. The van der Waals surface area contributed by atoms with Crippen LogP contribution in [0.25, 0.3) is 6.08 Å². The Morgan fingerprint density at radius 1 is 1.05 bits per heavy atom. The van der Waals surface area contributed by atoms with Gasteiger partial charge in [0.1, 0.15) is 5.75 Å². The van der Waals surface area contributed by atoms with E-state index < -0.39 is 5.97 Å². The minimum atomic E-state index is -0.522. The molecule has 0 saturated heterocycles. The highest BCUT2D eigenvalue weighted by Crippen LogP contribution is 2.10. The van der Waals surface area contributed by atoms with Crippen molar-refractivity contribution in [2.24, 2.45) is 5.16 Å². The first-order valence-corrected chi connectivity index (χ1v) is 6.98. The van der Waals surface area contributed by atoms with Crippen molar-refractivity contribution < 1.29 is 14.4 Å². The molecular weight excluding hydrogens is 278 g/mol. The minimum Gasteiger partial charge on any atom is -0.494 e. The lowest BCUT2D eigenvalue weighted by molar-refractivity contribution is -0.137. The summed E-state index contributed by atoms with van der Waals surface area (Å²) in [5.41, 5.74) is 1.75. The lowest BCUT2D eigenvalue weighted by Crippen LogP contribution is -1.95. The largest absolute Gasteiger partial charge is 0.494 e. The fraction of sp³-hybridized carbons (Fsp3) is 0.111. The molecule has 2 aromatic rings. The third kappa shape index (κ3) is 5.25. The minimum absolute atomic E-state index is 0.522. The zero-order valence-corrected chi connectivity index (χ0v) is 12.3. The Morgan fingerprint density at radius 2 is 1.77 bits per heavy atom. The summed E-state index contributed by atoms with van der Waals surface area (Å²) < 4.78 is 5.34. The Bertz CT molecular complexity index is 646. The number of nitrogens with zero attached hydrogens (tertiary/aromatic N) is 1. The molecule has 0 radical (unpaired) electrons. The third-order valence-corrected chi connectivity index (χ3v) is 2.75. The second-order valence-electron chi connectivity index (χ2n) is 4.39. The van der Waals surface area contributed by atoms with Crippen molar-refractivity contribution in [3.05, 3.63) is 71.8 Å². The highest BCUT2D eigenvalue weighted by atomic mass is 16.7. The van der Waals surface area contributed by atoms with E-state index in [9.17, 15) is 4.79 Å². The van der Waals surface area contributed by atoms with Crippen LogP contribution in [0.3, 0.4) is 0 Å². The van der Waals surface area contributed by atoms with E-state index in [0.717, 1.165) is 16.9 Å². The molecule has 2 aromatic carbocycles. The number of carbonyl (C=O) groups excluding carboxylic acids is 1. The van der Waals surface area contributed by atoms with Gasteiger partial charge in [-0.25, -0.2) is 4.79 Å². The molecule has 0 heterocycles. The van der Waals surface area contributed by atoms with E-state index in [1.165, 1.54) is 12.3 Å². The monoisotopic (exact) mass is 295 g/mol. The van der Waals surface area contributed by atoms with E-state index >= 15 is 0 Å². The van der Waals surface area contributed by atoms with Crippen LogP contribution in [0.5, 0.6) is 5.75 Å². The van der Waals surface area contributed by atoms with Crippen LogP contribution in [0, 0.1) is 0 Å². The number of hydrogen-bond acceptors (Lipinski definition) is 4. The zero-order chi connectivity index (χ0) is 15.6. The molecule has 4 nitrogen and oxygen atoms in total. The summed E-state index contributed by atoms with van der Waals surface area (Å²) in [5, 5.41) is 3.66. The van der Waals surface area contributed by atoms with E-state index in [-0.39, 0.29) is 0 Å². The van der Waals surface area contributed by atoms with E-state index in [4.69, 9.17) is 9.57 Å². The molecule has 0 unspecified atom stereocenters. The Hall–Kier alpha value is -2.88. The van der Waals surface area contributed by atoms with Crippen LogP contribution in [-0.4, -0.2) is 18.8 Å². The molecule has 0 aliphatic rings. The van der Waals surface area contributed by atoms with Gasteiger partial charge in [0.15, 0.2) is 0 Å². The predicted octanol–water partition coefficient (Wildman–Crippen LogP) is 3.68. The standard InChI is InChI=1S/C18H17NO3/c1-2-21-17-11-8-16(9-12-17)14-19-22-18(20)13-10-15-6-4-3-5-7-15/h3-14H,2H2,1H3/b13-10-,19-14+. The summed E-state index contributed by atoms with van der Waals surface area (Å²) in [6.45, 7) is 2.55. The first-order chi connectivity index (χ1) is 10.8. The zero-order valence-electron chi connectivity index (χ0n) is 12.3. The topological polar surface area (TPSA) is 47.9 Å². The summed E-state index contributed by atoms with van der Waals surface area (Å²) in [6, 6.07) is 16.8.